The van der Waals surface area contributed by atoms with E-state index in [1.807, 2.05) is 55.5 Å². The second-order valence-electron chi connectivity index (χ2n) is 6.29. The number of carbonyl (C=O) groups is 1. The van der Waals surface area contributed by atoms with Gasteiger partial charge in [-0.15, -0.1) is 24.0 Å². The number of guanidine groups is 1. The summed E-state index contributed by atoms with van der Waals surface area (Å²) in [5.41, 5.74) is 1.95. The number of rotatable bonds is 10. The minimum absolute atomic E-state index is 0. The Hall–Kier alpha value is -2.49. The molecule has 2 aromatic rings. The van der Waals surface area contributed by atoms with Gasteiger partial charge in [0, 0.05) is 19.3 Å². The fourth-order valence-electron chi connectivity index (χ4n) is 2.76. The van der Waals surface area contributed by atoms with Gasteiger partial charge in [0.25, 0.3) is 0 Å². The minimum Gasteiger partial charge on any atom is -0.493 e. The van der Waals surface area contributed by atoms with E-state index in [-0.39, 0.29) is 36.4 Å². The van der Waals surface area contributed by atoms with Gasteiger partial charge in [-0.25, -0.2) is 0 Å². The highest BCUT2D eigenvalue weighted by Crippen LogP contribution is 2.28. The van der Waals surface area contributed by atoms with E-state index < -0.39 is 0 Å². The molecule has 0 bridgehead atoms. The number of carbonyl (C=O) groups excluding carboxylic acids is 1. The number of anilines is 1. The molecule has 0 atom stereocenters. The Bertz CT molecular complexity index is 800. The molecule has 8 heteroatoms. The summed E-state index contributed by atoms with van der Waals surface area (Å²) in [5, 5.41) is 9.07. The second kappa shape index (κ2) is 14.5. The zero-order chi connectivity index (χ0) is 20.9. The van der Waals surface area contributed by atoms with E-state index in [0.717, 1.165) is 36.6 Å². The van der Waals surface area contributed by atoms with Crippen LogP contribution in [0.5, 0.6) is 11.5 Å². The standard InChI is InChI=1S/C22H30N4O3.HI/c1-4-29-20-15-17(12-13-19(20)28-3)9-8-14-24-22(23-2)25-16-21(27)26-18-10-6-5-7-11-18;/h5-7,10-13,15H,4,8-9,14,16H2,1-3H3,(H,26,27)(H2,23,24,25);1H. The first-order valence-electron chi connectivity index (χ1n) is 9.75. The van der Waals surface area contributed by atoms with E-state index in [4.69, 9.17) is 9.47 Å². The van der Waals surface area contributed by atoms with Crippen LogP contribution in [0.25, 0.3) is 0 Å². The second-order valence-corrected chi connectivity index (χ2v) is 6.29. The van der Waals surface area contributed by atoms with Crippen molar-refractivity contribution in [3.8, 4) is 11.5 Å². The van der Waals surface area contributed by atoms with Gasteiger partial charge >= 0.3 is 0 Å². The monoisotopic (exact) mass is 526 g/mol. The van der Waals surface area contributed by atoms with Crippen molar-refractivity contribution < 1.29 is 14.3 Å². The fourth-order valence-corrected chi connectivity index (χ4v) is 2.76. The van der Waals surface area contributed by atoms with E-state index >= 15 is 0 Å². The molecule has 0 spiro atoms. The summed E-state index contributed by atoms with van der Waals surface area (Å²) in [6.07, 6.45) is 1.80. The smallest absolute Gasteiger partial charge is 0.243 e. The van der Waals surface area contributed by atoms with Crippen molar-refractivity contribution in [1.29, 1.82) is 0 Å². The van der Waals surface area contributed by atoms with Gasteiger partial charge in [0.1, 0.15) is 0 Å². The highest BCUT2D eigenvalue weighted by atomic mass is 127. The van der Waals surface area contributed by atoms with Crippen molar-refractivity contribution in [2.24, 2.45) is 4.99 Å². The largest absolute Gasteiger partial charge is 0.493 e. The van der Waals surface area contributed by atoms with Gasteiger partial charge in [0.05, 0.1) is 20.3 Å². The summed E-state index contributed by atoms with van der Waals surface area (Å²) < 4.78 is 10.9. The number of para-hydroxylation sites is 1. The molecule has 2 aromatic carbocycles. The number of benzene rings is 2. The van der Waals surface area contributed by atoms with E-state index in [1.165, 1.54) is 5.56 Å². The first-order valence-corrected chi connectivity index (χ1v) is 9.75. The maximum absolute atomic E-state index is 12.0. The molecule has 30 heavy (non-hydrogen) atoms. The Morgan fingerprint density at radius 1 is 1.07 bits per heavy atom. The molecule has 0 fully saturated rings. The lowest BCUT2D eigenvalue weighted by atomic mass is 10.1. The maximum Gasteiger partial charge on any atom is 0.243 e. The van der Waals surface area contributed by atoms with Crippen LogP contribution in [-0.4, -0.2) is 45.7 Å². The van der Waals surface area contributed by atoms with Crippen LogP contribution in [0.3, 0.4) is 0 Å². The molecule has 0 aromatic heterocycles. The van der Waals surface area contributed by atoms with E-state index in [0.29, 0.717) is 12.6 Å². The molecule has 0 heterocycles. The van der Waals surface area contributed by atoms with Gasteiger partial charge in [-0.1, -0.05) is 24.3 Å². The van der Waals surface area contributed by atoms with Crippen molar-refractivity contribution >= 4 is 41.5 Å². The van der Waals surface area contributed by atoms with Crippen molar-refractivity contribution in [2.45, 2.75) is 19.8 Å². The average Bonchev–Trinajstić information content (AvgIpc) is 2.74. The molecule has 164 valence electrons. The molecular weight excluding hydrogens is 495 g/mol. The molecule has 2 rings (SSSR count). The third-order valence-electron chi connectivity index (χ3n) is 4.16. The van der Waals surface area contributed by atoms with Gasteiger partial charge in [0.15, 0.2) is 17.5 Å². The fraction of sp³-hybridized carbons (Fsp3) is 0.364. The third kappa shape index (κ3) is 8.89. The molecule has 0 aliphatic rings. The van der Waals surface area contributed by atoms with Crippen molar-refractivity contribution in [3.63, 3.8) is 0 Å². The predicted octanol–water partition coefficient (Wildman–Crippen LogP) is 3.45. The number of methoxy groups -OCH3 is 1. The topological polar surface area (TPSA) is 84.0 Å². The number of aliphatic imine (C=N–C) groups is 1. The zero-order valence-corrected chi connectivity index (χ0v) is 20.1. The van der Waals surface area contributed by atoms with Gasteiger partial charge in [-0.05, 0) is 49.6 Å². The lowest BCUT2D eigenvalue weighted by molar-refractivity contribution is -0.115. The summed E-state index contributed by atoms with van der Waals surface area (Å²) in [6.45, 7) is 3.43. The third-order valence-corrected chi connectivity index (χ3v) is 4.16. The van der Waals surface area contributed by atoms with Gasteiger partial charge in [0.2, 0.25) is 5.91 Å². The Morgan fingerprint density at radius 3 is 2.50 bits per heavy atom. The van der Waals surface area contributed by atoms with Crippen molar-refractivity contribution in [1.82, 2.24) is 10.6 Å². The lowest BCUT2D eigenvalue weighted by Crippen LogP contribution is -2.41. The van der Waals surface area contributed by atoms with E-state index in [1.54, 1.807) is 14.2 Å². The number of halogens is 1. The number of hydrogen-bond donors (Lipinski definition) is 3. The highest BCUT2D eigenvalue weighted by molar-refractivity contribution is 14.0. The van der Waals surface area contributed by atoms with Crippen LogP contribution in [0.2, 0.25) is 0 Å². The predicted molar refractivity (Wildman–Crippen MR) is 132 cm³/mol. The zero-order valence-electron chi connectivity index (χ0n) is 17.7. The van der Waals surface area contributed by atoms with Gasteiger partial charge < -0.3 is 25.4 Å². The summed E-state index contributed by atoms with van der Waals surface area (Å²) in [6, 6.07) is 15.4. The molecule has 7 nitrogen and oxygen atoms in total. The van der Waals surface area contributed by atoms with Crippen LogP contribution in [0.4, 0.5) is 5.69 Å². The van der Waals surface area contributed by atoms with Crippen LogP contribution < -0.4 is 25.4 Å². The van der Waals surface area contributed by atoms with Crippen molar-refractivity contribution in [3.05, 3.63) is 54.1 Å². The number of ether oxygens (including phenoxy) is 2. The number of hydrogen-bond acceptors (Lipinski definition) is 4. The first kappa shape index (κ1) is 25.5. The Morgan fingerprint density at radius 2 is 1.83 bits per heavy atom. The van der Waals surface area contributed by atoms with Crippen molar-refractivity contribution in [2.75, 3.05) is 39.2 Å². The molecule has 0 saturated carbocycles. The lowest BCUT2D eigenvalue weighted by Gasteiger charge is -2.13. The molecule has 0 saturated heterocycles. The molecule has 0 aliphatic heterocycles. The van der Waals surface area contributed by atoms with E-state index in [2.05, 4.69) is 20.9 Å². The van der Waals surface area contributed by atoms with Crippen LogP contribution in [0.15, 0.2) is 53.5 Å². The highest BCUT2D eigenvalue weighted by Gasteiger charge is 2.06. The maximum atomic E-state index is 12.0. The summed E-state index contributed by atoms with van der Waals surface area (Å²) in [5.74, 6) is 1.98. The number of amides is 1. The minimum atomic E-state index is -0.124. The average molecular weight is 526 g/mol. The number of nitrogens with zero attached hydrogens (tertiary/aromatic N) is 1. The van der Waals surface area contributed by atoms with Crippen LogP contribution >= 0.6 is 24.0 Å². The van der Waals surface area contributed by atoms with Crippen LogP contribution in [0.1, 0.15) is 18.9 Å². The first-order chi connectivity index (χ1) is 14.2. The summed E-state index contributed by atoms with van der Waals surface area (Å²) in [7, 11) is 3.32. The number of aryl methyl sites for hydroxylation is 1. The summed E-state index contributed by atoms with van der Waals surface area (Å²) in [4.78, 5) is 16.2. The molecule has 0 unspecified atom stereocenters. The normalized spacial score (nSPS) is 10.6. The Kier molecular flexibility index (Phi) is 12.3. The molecule has 1 amide bonds. The number of nitrogens with one attached hydrogen (secondary N) is 3. The van der Waals surface area contributed by atoms with Gasteiger partial charge in [-0.2, -0.15) is 0 Å². The Balaban J connectivity index is 0.00000450. The quantitative estimate of drug-likeness (QED) is 0.191. The SMILES string of the molecule is CCOc1cc(CCCNC(=NC)NCC(=O)Nc2ccccc2)ccc1OC.I. The summed E-state index contributed by atoms with van der Waals surface area (Å²) >= 11 is 0. The van der Waals surface area contributed by atoms with Gasteiger partial charge in [-0.3, -0.25) is 9.79 Å². The molecule has 3 N–H and O–H groups in total. The molecule has 0 aliphatic carbocycles. The molecule has 0 radical (unpaired) electrons. The van der Waals surface area contributed by atoms with Crippen LogP contribution in [0, 0.1) is 0 Å². The Labute approximate surface area is 195 Å². The van der Waals surface area contributed by atoms with Crippen LogP contribution in [-0.2, 0) is 11.2 Å². The molecular formula is C22H31IN4O3. The van der Waals surface area contributed by atoms with E-state index in [9.17, 15) is 4.79 Å².